The van der Waals surface area contributed by atoms with Gasteiger partial charge in [-0.05, 0) is 17.7 Å². The van der Waals surface area contributed by atoms with Crippen LogP contribution in [0.1, 0.15) is 5.56 Å². The van der Waals surface area contributed by atoms with Gasteiger partial charge < -0.3 is 20.1 Å². The third kappa shape index (κ3) is 5.30. The second-order valence-corrected chi connectivity index (χ2v) is 5.16. The van der Waals surface area contributed by atoms with E-state index in [0.717, 1.165) is 6.42 Å². The molecule has 5 heteroatoms. The Morgan fingerprint density at radius 2 is 1.83 bits per heavy atom. The number of para-hydroxylation sites is 2. The lowest BCUT2D eigenvalue weighted by molar-refractivity contribution is 0.202. The molecule has 0 radical (unpaired) electrons. The van der Waals surface area contributed by atoms with Crippen LogP contribution in [0.2, 0.25) is 0 Å². The van der Waals surface area contributed by atoms with Crippen molar-refractivity contribution in [2.75, 3.05) is 32.1 Å². The van der Waals surface area contributed by atoms with E-state index in [-0.39, 0.29) is 19.2 Å². The van der Waals surface area contributed by atoms with Gasteiger partial charge in [0.1, 0.15) is 5.75 Å². The van der Waals surface area contributed by atoms with E-state index in [0.29, 0.717) is 18.0 Å². The largest absolute Gasteiger partial charge is 0.491 e. The van der Waals surface area contributed by atoms with Crippen molar-refractivity contribution in [1.29, 1.82) is 0 Å². The highest BCUT2D eigenvalue weighted by Crippen LogP contribution is 2.24. The van der Waals surface area contributed by atoms with Gasteiger partial charge in [0.25, 0.3) is 0 Å². The van der Waals surface area contributed by atoms with Gasteiger partial charge in [-0.2, -0.15) is 0 Å². The van der Waals surface area contributed by atoms with Crippen LogP contribution in [0.25, 0.3) is 0 Å². The van der Waals surface area contributed by atoms with Crippen LogP contribution in [-0.4, -0.2) is 42.8 Å². The summed E-state index contributed by atoms with van der Waals surface area (Å²) in [5, 5.41) is 11.7. The van der Waals surface area contributed by atoms with Gasteiger partial charge in [-0.3, -0.25) is 0 Å². The first-order valence-corrected chi connectivity index (χ1v) is 7.59. The van der Waals surface area contributed by atoms with Crippen molar-refractivity contribution >= 4 is 11.7 Å². The monoisotopic (exact) mass is 314 g/mol. The van der Waals surface area contributed by atoms with Crippen LogP contribution >= 0.6 is 0 Å². The van der Waals surface area contributed by atoms with E-state index in [4.69, 9.17) is 9.84 Å². The number of aliphatic hydroxyl groups excluding tert-OH is 1. The van der Waals surface area contributed by atoms with Crippen molar-refractivity contribution in [3.8, 4) is 5.75 Å². The highest BCUT2D eigenvalue weighted by Gasteiger charge is 2.11. The second-order valence-electron chi connectivity index (χ2n) is 5.16. The normalized spacial score (nSPS) is 10.2. The number of urea groups is 1. The number of benzene rings is 2. The molecule has 0 aliphatic heterocycles. The fourth-order valence-electron chi connectivity index (χ4n) is 2.08. The van der Waals surface area contributed by atoms with E-state index in [1.807, 2.05) is 36.4 Å². The lowest BCUT2D eigenvalue weighted by Gasteiger charge is -2.18. The molecule has 23 heavy (non-hydrogen) atoms. The summed E-state index contributed by atoms with van der Waals surface area (Å²) in [6, 6.07) is 17.1. The molecule has 0 bridgehead atoms. The molecule has 5 nitrogen and oxygen atoms in total. The third-order valence-corrected chi connectivity index (χ3v) is 3.40. The van der Waals surface area contributed by atoms with E-state index in [9.17, 15) is 4.79 Å². The molecule has 0 atom stereocenters. The van der Waals surface area contributed by atoms with Gasteiger partial charge in [0.15, 0.2) is 0 Å². The van der Waals surface area contributed by atoms with Crippen LogP contribution in [0.5, 0.6) is 5.75 Å². The molecule has 2 rings (SSSR count). The summed E-state index contributed by atoms with van der Waals surface area (Å²) in [5.74, 6) is 0.633. The van der Waals surface area contributed by atoms with Crippen molar-refractivity contribution in [2.24, 2.45) is 0 Å². The number of nitrogens with one attached hydrogen (secondary N) is 1. The Morgan fingerprint density at radius 1 is 1.13 bits per heavy atom. The maximum atomic E-state index is 12.0. The number of anilines is 1. The smallest absolute Gasteiger partial charge is 0.321 e. The standard InChI is InChI=1S/C18H22N2O3/c1-20(12-13-21)18(22)19-16-9-5-6-10-17(16)23-14-11-15-7-3-2-4-8-15/h2-10,21H,11-14H2,1H3,(H,19,22). The Balaban J connectivity index is 1.93. The number of rotatable bonds is 7. The number of carbonyl (C=O) groups is 1. The van der Waals surface area contributed by atoms with Gasteiger partial charge in [0.05, 0.1) is 18.9 Å². The maximum Gasteiger partial charge on any atom is 0.321 e. The number of likely N-dealkylation sites (N-methyl/N-ethyl adjacent to an activating group) is 1. The number of amides is 2. The number of hydrogen-bond donors (Lipinski definition) is 2. The highest BCUT2D eigenvalue weighted by atomic mass is 16.5. The van der Waals surface area contributed by atoms with Crippen LogP contribution in [-0.2, 0) is 6.42 Å². The zero-order valence-corrected chi connectivity index (χ0v) is 13.2. The second kappa shape index (κ2) is 8.80. The first-order chi connectivity index (χ1) is 11.2. The molecular weight excluding hydrogens is 292 g/mol. The number of aliphatic hydroxyl groups is 1. The van der Waals surface area contributed by atoms with Crippen molar-refractivity contribution in [1.82, 2.24) is 4.90 Å². The van der Waals surface area contributed by atoms with Crippen LogP contribution in [0, 0.1) is 0 Å². The Hall–Kier alpha value is -2.53. The minimum atomic E-state index is -0.279. The van der Waals surface area contributed by atoms with Crippen molar-refractivity contribution < 1.29 is 14.6 Å². The number of carbonyl (C=O) groups excluding carboxylic acids is 1. The molecule has 0 aliphatic rings. The zero-order valence-electron chi connectivity index (χ0n) is 13.2. The molecule has 0 unspecified atom stereocenters. The Kier molecular flexibility index (Phi) is 6.44. The van der Waals surface area contributed by atoms with E-state index in [1.54, 1.807) is 13.1 Å². The highest BCUT2D eigenvalue weighted by molar-refractivity contribution is 5.90. The van der Waals surface area contributed by atoms with Gasteiger partial charge in [0, 0.05) is 20.0 Å². The fraction of sp³-hybridized carbons (Fsp3) is 0.278. The van der Waals surface area contributed by atoms with Gasteiger partial charge in [0.2, 0.25) is 0 Å². The molecule has 0 aromatic heterocycles. The SMILES string of the molecule is CN(CCO)C(=O)Nc1ccccc1OCCc1ccccc1. The van der Waals surface area contributed by atoms with E-state index in [1.165, 1.54) is 10.5 Å². The van der Waals surface area contributed by atoms with E-state index >= 15 is 0 Å². The minimum absolute atomic E-state index is 0.0703. The van der Waals surface area contributed by atoms with Crippen LogP contribution in [0.4, 0.5) is 10.5 Å². The maximum absolute atomic E-state index is 12.0. The topological polar surface area (TPSA) is 61.8 Å². The van der Waals surface area contributed by atoms with Gasteiger partial charge in [-0.15, -0.1) is 0 Å². The number of ether oxygens (including phenoxy) is 1. The Labute approximate surface area is 136 Å². The Morgan fingerprint density at radius 3 is 2.57 bits per heavy atom. The first-order valence-electron chi connectivity index (χ1n) is 7.59. The molecule has 2 N–H and O–H groups in total. The summed E-state index contributed by atoms with van der Waals surface area (Å²) in [7, 11) is 1.63. The summed E-state index contributed by atoms with van der Waals surface area (Å²) >= 11 is 0. The molecule has 2 aromatic rings. The molecule has 2 amide bonds. The summed E-state index contributed by atoms with van der Waals surface area (Å²) in [6.45, 7) is 0.741. The zero-order chi connectivity index (χ0) is 16.5. The Bertz CT molecular complexity index is 617. The summed E-state index contributed by atoms with van der Waals surface area (Å²) in [6.07, 6.45) is 0.799. The molecule has 122 valence electrons. The minimum Gasteiger partial charge on any atom is -0.491 e. The van der Waals surface area contributed by atoms with Crippen molar-refractivity contribution in [3.05, 3.63) is 60.2 Å². The molecule has 0 heterocycles. The van der Waals surface area contributed by atoms with Crippen molar-refractivity contribution in [2.45, 2.75) is 6.42 Å². The molecule has 0 fully saturated rings. The summed E-state index contributed by atoms with van der Waals surface area (Å²) < 4.78 is 5.80. The summed E-state index contributed by atoms with van der Waals surface area (Å²) in [4.78, 5) is 13.4. The van der Waals surface area contributed by atoms with Crippen LogP contribution in [0.15, 0.2) is 54.6 Å². The number of hydrogen-bond acceptors (Lipinski definition) is 3. The first kappa shape index (κ1) is 16.8. The van der Waals surface area contributed by atoms with Gasteiger partial charge in [-0.1, -0.05) is 42.5 Å². The fourth-order valence-corrected chi connectivity index (χ4v) is 2.08. The van der Waals surface area contributed by atoms with E-state index in [2.05, 4.69) is 17.4 Å². The quantitative estimate of drug-likeness (QED) is 0.826. The number of nitrogens with zero attached hydrogens (tertiary/aromatic N) is 1. The molecular formula is C18H22N2O3. The molecule has 0 spiro atoms. The van der Waals surface area contributed by atoms with Gasteiger partial charge in [-0.25, -0.2) is 4.79 Å². The lowest BCUT2D eigenvalue weighted by Crippen LogP contribution is -2.33. The van der Waals surface area contributed by atoms with E-state index < -0.39 is 0 Å². The predicted molar refractivity (Wildman–Crippen MR) is 90.8 cm³/mol. The van der Waals surface area contributed by atoms with Gasteiger partial charge >= 0.3 is 6.03 Å². The molecule has 2 aromatic carbocycles. The third-order valence-electron chi connectivity index (χ3n) is 3.40. The molecule has 0 saturated heterocycles. The molecule has 0 aliphatic carbocycles. The summed E-state index contributed by atoms with van der Waals surface area (Å²) in [5.41, 5.74) is 1.83. The average molecular weight is 314 g/mol. The predicted octanol–water partition coefficient (Wildman–Crippen LogP) is 2.76. The average Bonchev–Trinajstić information content (AvgIpc) is 2.57. The van der Waals surface area contributed by atoms with Crippen LogP contribution in [0.3, 0.4) is 0 Å². The van der Waals surface area contributed by atoms with Crippen LogP contribution < -0.4 is 10.1 Å². The van der Waals surface area contributed by atoms with Crippen molar-refractivity contribution in [3.63, 3.8) is 0 Å². The molecule has 0 saturated carbocycles. The lowest BCUT2D eigenvalue weighted by atomic mass is 10.2.